The Morgan fingerprint density at radius 1 is 1.32 bits per heavy atom. The van der Waals surface area contributed by atoms with Crippen LogP contribution in [0.3, 0.4) is 0 Å². The maximum absolute atomic E-state index is 12.2. The van der Waals surface area contributed by atoms with Crippen LogP contribution in [-0.2, 0) is 14.8 Å². The Balaban J connectivity index is 2.95. The minimum atomic E-state index is -3.66. The van der Waals surface area contributed by atoms with Crippen molar-refractivity contribution in [3.8, 4) is 0 Å². The third kappa shape index (κ3) is 3.68. The lowest BCUT2D eigenvalue weighted by Gasteiger charge is -2.13. The third-order valence-electron chi connectivity index (χ3n) is 2.84. The highest BCUT2D eigenvalue weighted by Crippen LogP contribution is 2.24. The molecule has 1 rings (SSSR count). The summed E-state index contributed by atoms with van der Waals surface area (Å²) in [6, 6.07) is 3.34. The molecular formula is C12H19N3O3S. The van der Waals surface area contributed by atoms with Gasteiger partial charge < -0.3 is 11.1 Å². The van der Waals surface area contributed by atoms with Gasteiger partial charge >= 0.3 is 0 Å². The minimum absolute atomic E-state index is 0.0513. The van der Waals surface area contributed by atoms with E-state index in [1.165, 1.54) is 7.05 Å². The predicted octanol–water partition coefficient (Wildman–Crippen LogP) is 0.300. The fourth-order valence-corrected chi connectivity index (χ4v) is 3.28. The SMILES string of the molecule is CNC(=O)CCNS(=O)(=O)c1c(C)ccc(N)c1C. The molecule has 1 amide bonds. The van der Waals surface area contributed by atoms with Gasteiger partial charge in [-0.1, -0.05) is 6.07 Å². The van der Waals surface area contributed by atoms with Crippen LogP contribution >= 0.6 is 0 Å². The average Bonchev–Trinajstić information content (AvgIpc) is 2.33. The van der Waals surface area contributed by atoms with E-state index in [1.807, 2.05) is 0 Å². The summed E-state index contributed by atoms with van der Waals surface area (Å²) in [4.78, 5) is 11.2. The zero-order valence-corrected chi connectivity index (χ0v) is 12.1. The van der Waals surface area contributed by atoms with Gasteiger partial charge in [0.05, 0.1) is 4.90 Å². The normalized spacial score (nSPS) is 11.3. The summed E-state index contributed by atoms with van der Waals surface area (Å²) in [5.41, 5.74) is 7.30. The smallest absolute Gasteiger partial charge is 0.241 e. The number of anilines is 1. The van der Waals surface area contributed by atoms with E-state index in [0.29, 0.717) is 16.8 Å². The van der Waals surface area contributed by atoms with Crippen LogP contribution in [0.4, 0.5) is 5.69 Å². The zero-order valence-electron chi connectivity index (χ0n) is 11.3. The van der Waals surface area contributed by atoms with Crippen LogP contribution in [0, 0.1) is 13.8 Å². The first-order valence-corrected chi connectivity index (χ1v) is 7.34. The maximum atomic E-state index is 12.2. The van der Waals surface area contributed by atoms with Gasteiger partial charge in [0.15, 0.2) is 0 Å². The highest BCUT2D eigenvalue weighted by Gasteiger charge is 2.20. The summed E-state index contributed by atoms with van der Waals surface area (Å²) in [5.74, 6) is -0.219. The second kappa shape index (κ2) is 6.03. The Kier molecular flexibility index (Phi) is 4.90. The molecule has 6 nitrogen and oxygen atoms in total. The van der Waals surface area contributed by atoms with Gasteiger partial charge in [0.1, 0.15) is 0 Å². The predicted molar refractivity (Wildman–Crippen MR) is 74.2 cm³/mol. The molecule has 0 aromatic heterocycles. The van der Waals surface area contributed by atoms with Crippen LogP contribution in [0.25, 0.3) is 0 Å². The average molecular weight is 285 g/mol. The molecule has 0 unspecified atom stereocenters. The van der Waals surface area contributed by atoms with E-state index < -0.39 is 10.0 Å². The van der Waals surface area contributed by atoms with Crippen molar-refractivity contribution >= 4 is 21.6 Å². The van der Waals surface area contributed by atoms with E-state index in [4.69, 9.17) is 5.73 Å². The van der Waals surface area contributed by atoms with E-state index >= 15 is 0 Å². The van der Waals surface area contributed by atoms with Crippen molar-refractivity contribution in [3.05, 3.63) is 23.3 Å². The molecule has 0 saturated carbocycles. The molecule has 0 heterocycles. The van der Waals surface area contributed by atoms with Gasteiger partial charge in [-0.05, 0) is 31.0 Å². The Hall–Kier alpha value is -1.60. The molecule has 0 aliphatic heterocycles. The van der Waals surface area contributed by atoms with Crippen LogP contribution < -0.4 is 15.8 Å². The first-order chi connectivity index (χ1) is 8.79. The molecule has 0 radical (unpaired) electrons. The molecule has 4 N–H and O–H groups in total. The van der Waals surface area contributed by atoms with Gasteiger partial charge in [-0.3, -0.25) is 4.79 Å². The van der Waals surface area contributed by atoms with E-state index in [2.05, 4.69) is 10.0 Å². The highest BCUT2D eigenvalue weighted by molar-refractivity contribution is 7.89. The molecule has 106 valence electrons. The van der Waals surface area contributed by atoms with Crippen LogP contribution in [0.1, 0.15) is 17.5 Å². The number of nitrogens with two attached hydrogens (primary N) is 1. The number of hydrogen-bond acceptors (Lipinski definition) is 4. The molecule has 0 aliphatic rings. The Labute approximate surface area is 113 Å². The summed E-state index contributed by atoms with van der Waals surface area (Å²) in [6.07, 6.45) is 0.0934. The standard InChI is InChI=1S/C12H19N3O3S/c1-8-4-5-10(13)9(2)12(8)19(17,18)15-7-6-11(16)14-3/h4-5,15H,6-7,13H2,1-3H3,(H,14,16). The number of amides is 1. The fraction of sp³-hybridized carbons (Fsp3) is 0.417. The fourth-order valence-electron chi connectivity index (χ4n) is 1.75. The molecule has 19 heavy (non-hydrogen) atoms. The van der Waals surface area contributed by atoms with Crippen LogP contribution in [0.15, 0.2) is 17.0 Å². The second-order valence-corrected chi connectivity index (χ2v) is 5.95. The van der Waals surface area contributed by atoms with E-state index in [1.54, 1.807) is 26.0 Å². The van der Waals surface area contributed by atoms with Crippen molar-refractivity contribution in [3.63, 3.8) is 0 Å². The van der Waals surface area contributed by atoms with Crippen LogP contribution in [0.2, 0.25) is 0 Å². The molecule has 0 saturated heterocycles. The first kappa shape index (κ1) is 15.5. The number of benzene rings is 1. The van der Waals surface area contributed by atoms with Crippen molar-refractivity contribution in [1.82, 2.24) is 10.0 Å². The number of rotatable bonds is 5. The van der Waals surface area contributed by atoms with Crippen molar-refractivity contribution in [2.45, 2.75) is 25.2 Å². The molecule has 0 bridgehead atoms. The minimum Gasteiger partial charge on any atom is -0.398 e. The number of nitrogen functional groups attached to an aromatic ring is 1. The van der Waals surface area contributed by atoms with Crippen LogP contribution in [-0.4, -0.2) is 27.9 Å². The van der Waals surface area contributed by atoms with E-state index in [9.17, 15) is 13.2 Å². The molecule has 0 fully saturated rings. The zero-order chi connectivity index (χ0) is 14.6. The lowest BCUT2D eigenvalue weighted by atomic mass is 10.1. The number of hydrogen-bond donors (Lipinski definition) is 3. The van der Waals surface area contributed by atoms with Gasteiger partial charge in [0.25, 0.3) is 0 Å². The molecule has 1 aromatic rings. The first-order valence-electron chi connectivity index (χ1n) is 5.85. The monoisotopic (exact) mass is 285 g/mol. The number of carbonyl (C=O) groups excluding carboxylic acids is 1. The Morgan fingerprint density at radius 2 is 1.95 bits per heavy atom. The second-order valence-electron chi connectivity index (χ2n) is 4.25. The number of carbonyl (C=O) groups is 1. The van der Waals surface area contributed by atoms with Crippen molar-refractivity contribution in [1.29, 1.82) is 0 Å². The lowest BCUT2D eigenvalue weighted by Crippen LogP contribution is -2.30. The maximum Gasteiger partial charge on any atom is 0.241 e. The van der Waals surface area contributed by atoms with Gasteiger partial charge in [-0.2, -0.15) is 0 Å². The largest absolute Gasteiger partial charge is 0.398 e. The van der Waals surface area contributed by atoms with E-state index in [0.717, 1.165) is 0 Å². The highest BCUT2D eigenvalue weighted by atomic mass is 32.2. The molecule has 0 atom stereocenters. The molecule has 0 spiro atoms. The molecule has 7 heteroatoms. The van der Waals surface area contributed by atoms with Crippen molar-refractivity contribution in [2.24, 2.45) is 0 Å². The number of sulfonamides is 1. The topological polar surface area (TPSA) is 101 Å². The quantitative estimate of drug-likeness (QED) is 0.677. The van der Waals surface area contributed by atoms with Gasteiger partial charge in [0, 0.05) is 25.7 Å². The third-order valence-corrected chi connectivity index (χ3v) is 4.59. The van der Waals surface area contributed by atoms with Gasteiger partial charge in [-0.15, -0.1) is 0 Å². The summed E-state index contributed by atoms with van der Waals surface area (Å²) in [7, 11) is -2.16. The van der Waals surface area contributed by atoms with Crippen molar-refractivity contribution < 1.29 is 13.2 Å². The van der Waals surface area contributed by atoms with Gasteiger partial charge in [0.2, 0.25) is 15.9 Å². The van der Waals surface area contributed by atoms with Gasteiger partial charge in [-0.25, -0.2) is 13.1 Å². The number of nitrogens with one attached hydrogen (secondary N) is 2. The Morgan fingerprint density at radius 3 is 2.53 bits per heavy atom. The van der Waals surface area contributed by atoms with E-state index in [-0.39, 0.29) is 23.8 Å². The van der Waals surface area contributed by atoms with Crippen molar-refractivity contribution in [2.75, 3.05) is 19.3 Å². The Bertz CT molecular complexity index is 582. The summed E-state index contributed by atoms with van der Waals surface area (Å²) in [5, 5.41) is 2.43. The summed E-state index contributed by atoms with van der Waals surface area (Å²) in [6.45, 7) is 3.42. The summed E-state index contributed by atoms with van der Waals surface area (Å²) >= 11 is 0. The number of aryl methyl sites for hydroxylation is 1. The molecule has 0 aliphatic carbocycles. The molecular weight excluding hydrogens is 266 g/mol. The van der Waals surface area contributed by atoms with Crippen LogP contribution in [0.5, 0.6) is 0 Å². The summed E-state index contributed by atoms with van der Waals surface area (Å²) < 4.78 is 26.8. The molecule has 1 aromatic carbocycles. The lowest BCUT2D eigenvalue weighted by molar-refractivity contribution is -0.120.